The van der Waals surface area contributed by atoms with Crippen molar-refractivity contribution in [1.82, 2.24) is 10.3 Å². The number of aryl methyl sites for hydroxylation is 1. The van der Waals surface area contributed by atoms with Crippen LogP contribution in [0.25, 0.3) is 0 Å². The SMILES string of the molecule is CCNC(=O)COC(=O)c1ccc(Sc2nc(C)cs2)c([N+](=O)[O-])c1. The average Bonchev–Trinajstić information content (AvgIpc) is 2.98. The van der Waals surface area contributed by atoms with Crippen LogP contribution in [0.1, 0.15) is 23.0 Å². The largest absolute Gasteiger partial charge is 0.452 e. The Balaban J connectivity index is 2.16. The van der Waals surface area contributed by atoms with Gasteiger partial charge in [-0.3, -0.25) is 14.9 Å². The number of likely N-dealkylation sites (N-methyl/N-ethyl adjacent to an activating group) is 1. The van der Waals surface area contributed by atoms with E-state index in [2.05, 4.69) is 10.3 Å². The Morgan fingerprint density at radius 1 is 1.44 bits per heavy atom. The molecule has 0 radical (unpaired) electrons. The molecular formula is C15H15N3O5S2. The molecule has 1 heterocycles. The number of aromatic nitrogens is 1. The third-order valence-corrected chi connectivity index (χ3v) is 5.02. The molecule has 0 fully saturated rings. The summed E-state index contributed by atoms with van der Waals surface area (Å²) in [4.78, 5) is 38.6. The van der Waals surface area contributed by atoms with Crippen LogP contribution >= 0.6 is 23.1 Å². The molecular weight excluding hydrogens is 366 g/mol. The Kier molecular flexibility index (Phi) is 6.48. The molecule has 0 spiro atoms. The minimum Gasteiger partial charge on any atom is -0.452 e. The predicted molar refractivity (Wildman–Crippen MR) is 93.0 cm³/mol. The number of benzene rings is 1. The highest BCUT2D eigenvalue weighted by atomic mass is 32.2. The summed E-state index contributed by atoms with van der Waals surface area (Å²) in [5.41, 5.74) is 0.627. The van der Waals surface area contributed by atoms with E-state index in [0.717, 1.165) is 23.5 Å². The van der Waals surface area contributed by atoms with Crippen molar-refractivity contribution in [2.75, 3.05) is 13.2 Å². The number of esters is 1. The maximum absolute atomic E-state index is 12.0. The van der Waals surface area contributed by atoms with Gasteiger partial charge in [0.15, 0.2) is 10.9 Å². The van der Waals surface area contributed by atoms with E-state index in [0.29, 0.717) is 15.8 Å². The number of amides is 1. The summed E-state index contributed by atoms with van der Waals surface area (Å²) in [5.74, 6) is -1.23. The summed E-state index contributed by atoms with van der Waals surface area (Å²) in [6.45, 7) is 3.56. The second kappa shape index (κ2) is 8.58. The molecule has 2 rings (SSSR count). The van der Waals surface area contributed by atoms with E-state index in [1.807, 2.05) is 12.3 Å². The van der Waals surface area contributed by atoms with Crippen LogP contribution in [-0.2, 0) is 9.53 Å². The first-order valence-corrected chi connectivity index (χ1v) is 8.92. The van der Waals surface area contributed by atoms with E-state index in [-0.39, 0.29) is 11.3 Å². The van der Waals surface area contributed by atoms with Gasteiger partial charge in [-0.2, -0.15) is 0 Å². The van der Waals surface area contributed by atoms with E-state index in [9.17, 15) is 19.7 Å². The van der Waals surface area contributed by atoms with Gasteiger partial charge in [0.25, 0.3) is 11.6 Å². The third kappa shape index (κ3) is 5.26. The van der Waals surface area contributed by atoms with E-state index in [4.69, 9.17) is 4.74 Å². The fourth-order valence-corrected chi connectivity index (χ4v) is 3.69. The molecule has 0 unspecified atom stereocenters. The third-order valence-electron chi connectivity index (χ3n) is 2.89. The second-order valence-electron chi connectivity index (χ2n) is 4.83. The van der Waals surface area contributed by atoms with Gasteiger partial charge in [-0.15, -0.1) is 11.3 Å². The topological polar surface area (TPSA) is 111 Å². The van der Waals surface area contributed by atoms with Gasteiger partial charge >= 0.3 is 5.97 Å². The minimum absolute atomic E-state index is 0.00988. The van der Waals surface area contributed by atoms with Crippen LogP contribution in [-0.4, -0.2) is 34.9 Å². The fourth-order valence-electron chi connectivity index (χ4n) is 1.81. The normalized spacial score (nSPS) is 10.3. The number of hydrogen-bond donors (Lipinski definition) is 1. The van der Waals surface area contributed by atoms with Gasteiger partial charge in [0.05, 0.1) is 15.4 Å². The van der Waals surface area contributed by atoms with Crippen LogP contribution < -0.4 is 5.32 Å². The van der Waals surface area contributed by atoms with Crippen molar-refractivity contribution in [2.45, 2.75) is 23.1 Å². The van der Waals surface area contributed by atoms with Crippen molar-refractivity contribution < 1.29 is 19.2 Å². The van der Waals surface area contributed by atoms with Gasteiger partial charge < -0.3 is 10.1 Å². The number of thiazole rings is 1. The molecule has 0 aliphatic heterocycles. The highest BCUT2D eigenvalue weighted by molar-refractivity contribution is 8.01. The highest BCUT2D eigenvalue weighted by Gasteiger charge is 2.20. The molecule has 0 atom stereocenters. The average molecular weight is 381 g/mol. The van der Waals surface area contributed by atoms with E-state index in [1.165, 1.54) is 23.5 Å². The number of carbonyl (C=O) groups is 2. The standard InChI is InChI=1S/C15H15N3O5S2/c1-3-16-13(19)7-23-14(20)10-4-5-12(11(6-10)18(21)22)25-15-17-9(2)8-24-15/h4-6,8H,3,7H2,1-2H3,(H,16,19). The van der Waals surface area contributed by atoms with Crippen molar-refractivity contribution in [3.8, 4) is 0 Å². The fraction of sp³-hybridized carbons (Fsp3) is 0.267. The van der Waals surface area contributed by atoms with Crippen molar-refractivity contribution in [3.05, 3.63) is 45.0 Å². The van der Waals surface area contributed by atoms with Crippen molar-refractivity contribution >= 4 is 40.7 Å². The first-order chi connectivity index (χ1) is 11.9. The maximum Gasteiger partial charge on any atom is 0.338 e. The summed E-state index contributed by atoms with van der Waals surface area (Å²) in [6, 6.07) is 4.04. The molecule has 1 amide bonds. The predicted octanol–water partition coefficient (Wildman–Crippen LogP) is 2.80. The zero-order chi connectivity index (χ0) is 18.4. The molecule has 8 nitrogen and oxygen atoms in total. The van der Waals surface area contributed by atoms with E-state index in [1.54, 1.807) is 6.92 Å². The number of ether oxygens (including phenoxy) is 1. The zero-order valence-corrected chi connectivity index (χ0v) is 15.1. The van der Waals surface area contributed by atoms with Gasteiger partial charge in [-0.05, 0) is 26.0 Å². The number of hydrogen-bond acceptors (Lipinski definition) is 8. The molecule has 0 aliphatic rings. The van der Waals surface area contributed by atoms with Gasteiger partial charge in [0, 0.05) is 23.7 Å². The lowest BCUT2D eigenvalue weighted by atomic mass is 10.2. The van der Waals surface area contributed by atoms with Gasteiger partial charge in [-0.25, -0.2) is 9.78 Å². The number of carbonyl (C=O) groups excluding carboxylic acids is 2. The smallest absolute Gasteiger partial charge is 0.338 e. The molecule has 0 aliphatic carbocycles. The Bertz CT molecular complexity index is 806. The van der Waals surface area contributed by atoms with Crippen LogP contribution in [0.4, 0.5) is 5.69 Å². The van der Waals surface area contributed by atoms with Crippen LogP contribution in [0.3, 0.4) is 0 Å². The van der Waals surface area contributed by atoms with Crippen molar-refractivity contribution in [2.24, 2.45) is 0 Å². The number of nitrogens with zero attached hydrogens (tertiary/aromatic N) is 2. The lowest BCUT2D eigenvalue weighted by Gasteiger charge is -2.06. The van der Waals surface area contributed by atoms with Gasteiger partial charge in [-0.1, -0.05) is 11.8 Å². The van der Waals surface area contributed by atoms with Gasteiger partial charge in [0.1, 0.15) is 0 Å². The Labute approximate surface area is 151 Å². The lowest BCUT2D eigenvalue weighted by molar-refractivity contribution is -0.387. The Morgan fingerprint density at radius 3 is 2.80 bits per heavy atom. The molecule has 0 saturated carbocycles. The highest BCUT2D eigenvalue weighted by Crippen LogP contribution is 2.36. The Morgan fingerprint density at radius 2 is 2.20 bits per heavy atom. The zero-order valence-electron chi connectivity index (χ0n) is 13.5. The Hall–Kier alpha value is -2.46. The molecule has 2 aromatic rings. The summed E-state index contributed by atoms with van der Waals surface area (Å²) in [5, 5.41) is 15.6. The first kappa shape index (κ1) is 18.9. The van der Waals surface area contributed by atoms with E-state index < -0.39 is 23.4 Å². The summed E-state index contributed by atoms with van der Waals surface area (Å²) >= 11 is 2.54. The van der Waals surface area contributed by atoms with Crippen LogP contribution in [0.5, 0.6) is 0 Å². The molecule has 1 aromatic heterocycles. The number of nitrogens with one attached hydrogen (secondary N) is 1. The first-order valence-electron chi connectivity index (χ1n) is 7.23. The number of rotatable bonds is 7. The van der Waals surface area contributed by atoms with E-state index >= 15 is 0 Å². The van der Waals surface area contributed by atoms with Crippen molar-refractivity contribution in [1.29, 1.82) is 0 Å². The number of nitro benzene ring substituents is 1. The molecule has 1 aromatic carbocycles. The second-order valence-corrected chi connectivity index (χ2v) is 6.97. The summed E-state index contributed by atoms with van der Waals surface area (Å²) in [6.07, 6.45) is 0. The van der Waals surface area contributed by atoms with Crippen LogP contribution in [0.15, 0.2) is 32.8 Å². The van der Waals surface area contributed by atoms with Gasteiger partial charge in [0.2, 0.25) is 0 Å². The quantitative estimate of drug-likeness (QED) is 0.446. The monoisotopic (exact) mass is 381 g/mol. The van der Waals surface area contributed by atoms with Crippen LogP contribution in [0, 0.1) is 17.0 Å². The number of nitro groups is 1. The minimum atomic E-state index is -0.795. The molecule has 0 bridgehead atoms. The molecule has 10 heteroatoms. The molecule has 0 saturated heterocycles. The lowest BCUT2D eigenvalue weighted by Crippen LogP contribution is -2.28. The maximum atomic E-state index is 12.0. The molecule has 132 valence electrons. The molecule has 1 N–H and O–H groups in total. The molecule has 25 heavy (non-hydrogen) atoms. The summed E-state index contributed by atoms with van der Waals surface area (Å²) in [7, 11) is 0. The van der Waals surface area contributed by atoms with Crippen LogP contribution in [0.2, 0.25) is 0 Å². The van der Waals surface area contributed by atoms with Crippen molar-refractivity contribution in [3.63, 3.8) is 0 Å². The summed E-state index contributed by atoms with van der Waals surface area (Å²) < 4.78 is 5.52.